The maximum Gasteiger partial charge on any atom is 0.312 e. The van der Waals surface area contributed by atoms with Crippen molar-refractivity contribution in [1.29, 1.82) is 0 Å². The Labute approximate surface area is 156 Å². The summed E-state index contributed by atoms with van der Waals surface area (Å²) >= 11 is 0. The second-order valence-electron chi connectivity index (χ2n) is 8.45. The SMILES string of the molecule is CCCC1CCC(C2CCC(C(=O)OC3(F)C=CC=CC3F)CC2)CC1. The molecule has 26 heavy (non-hydrogen) atoms. The van der Waals surface area contributed by atoms with E-state index in [1.54, 1.807) is 0 Å². The van der Waals surface area contributed by atoms with Crippen LogP contribution in [-0.2, 0) is 9.53 Å². The Morgan fingerprint density at radius 2 is 1.65 bits per heavy atom. The van der Waals surface area contributed by atoms with E-state index in [9.17, 15) is 13.6 Å². The van der Waals surface area contributed by atoms with Crippen LogP contribution in [-0.4, -0.2) is 18.0 Å². The fraction of sp³-hybridized carbons (Fsp3) is 0.773. The maximum absolute atomic E-state index is 14.5. The molecule has 0 aromatic heterocycles. The van der Waals surface area contributed by atoms with Crippen molar-refractivity contribution >= 4 is 5.97 Å². The minimum Gasteiger partial charge on any atom is -0.421 e. The van der Waals surface area contributed by atoms with Gasteiger partial charge in [0.15, 0.2) is 6.17 Å². The summed E-state index contributed by atoms with van der Waals surface area (Å²) in [5, 5.41) is 0. The number of carbonyl (C=O) groups is 1. The number of halogens is 2. The van der Waals surface area contributed by atoms with Crippen LogP contribution in [0.3, 0.4) is 0 Å². The second-order valence-corrected chi connectivity index (χ2v) is 8.45. The lowest BCUT2D eigenvalue weighted by Crippen LogP contribution is -2.40. The highest BCUT2D eigenvalue weighted by Gasteiger charge is 2.43. The van der Waals surface area contributed by atoms with Gasteiger partial charge in [-0.25, -0.2) is 4.39 Å². The molecule has 0 spiro atoms. The van der Waals surface area contributed by atoms with Crippen molar-refractivity contribution in [3.05, 3.63) is 24.3 Å². The van der Waals surface area contributed by atoms with Crippen LogP contribution in [0.2, 0.25) is 0 Å². The van der Waals surface area contributed by atoms with Crippen LogP contribution in [0.1, 0.15) is 71.1 Å². The summed E-state index contributed by atoms with van der Waals surface area (Å²) in [5.74, 6) is -1.13. The van der Waals surface area contributed by atoms with Crippen molar-refractivity contribution in [2.45, 2.75) is 83.2 Å². The molecule has 2 atom stereocenters. The van der Waals surface area contributed by atoms with E-state index < -0.39 is 18.0 Å². The van der Waals surface area contributed by atoms with Gasteiger partial charge in [-0.3, -0.25) is 4.79 Å². The second kappa shape index (κ2) is 8.67. The Hall–Kier alpha value is -1.19. The van der Waals surface area contributed by atoms with E-state index in [-0.39, 0.29) is 5.92 Å². The van der Waals surface area contributed by atoms with Crippen LogP contribution in [0.4, 0.5) is 8.78 Å². The topological polar surface area (TPSA) is 26.3 Å². The average molecular weight is 366 g/mol. The van der Waals surface area contributed by atoms with Gasteiger partial charge in [-0.2, -0.15) is 4.39 Å². The van der Waals surface area contributed by atoms with Crippen molar-refractivity contribution in [2.24, 2.45) is 23.7 Å². The van der Waals surface area contributed by atoms with Crippen LogP contribution in [0.15, 0.2) is 24.3 Å². The van der Waals surface area contributed by atoms with Gasteiger partial charge in [0.1, 0.15) is 0 Å². The Morgan fingerprint density at radius 3 is 2.23 bits per heavy atom. The molecular weight excluding hydrogens is 334 g/mol. The van der Waals surface area contributed by atoms with Gasteiger partial charge in [0.05, 0.1) is 5.92 Å². The molecule has 0 heterocycles. The van der Waals surface area contributed by atoms with E-state index in [4.69, 9.17) is 4.74 Å². The van der Waals surface area contributed by atoms with Crippen LogP contribution in [0.25, 0.3) is 0 Å². The van der Waals surface area contributed by atoms with Gasteiger partial charge in [-0.15, -0.1) is 0 Å². The van der Waals surface area contributed by atoms with E-state index in [2.05, 4.69) is 6.92 Å². The normalized spacial score (nSPS) is 40.3. The molecule has 2 saturated carbocycles. The lowest BCUT2D eigenvalue weighted by atomic mass is 9.69. The summed E-state index contributed by atoms with van der Waals surface area (Å²) in [6.07, 6.45) is 14.4. The van der Waals surface area contributed by atoms with Gasteiger partial charge < -0.3 is 4.74 Å². The third-order valence-electron chi connectivity index (χ3n) is 6.71. The molecule has 4 heteroatoms. The first-order valence-corrected chi connectivity index (χ1v) is 10.4. The molecule has 0 aromatic rings. The minimum atomic E-state index is -2.64. The average Bonchev–Trinajstić information content (AvgIpc) is 2.65. The Morgan fingerprint density at radius 1 is 1.04 bits per heavy atom. The fourth-order valence-electron chi connectivity index (χ4n) is 5.08. The highest BCUT2D eigenvalue weighted by Crippen LogP contribution is 2.43. The Balaban J connectivity index is 1.44. The lowest BCUT2D eigenvalue weighted by molar-refractivity contribution is -0.186. The number of esters is 1. The first-order valence-electron chi connectivity index (χ1n) is 10.4. The van der Waals surface area contributed by atoms with E-state index in [0.717, 1.165) is 49.7 Å². The summed E-state index contributed by atoms with van der Waals surface area (Å²) in [5.41, 5.74) is 0. The standard InChI is InChI=1S/C22H32F2O2/c1-2-5-16-7-9-17(10-8-16)18-11-13-19(14-12-18)21(25)26-22(24)15-4-3-6-20(22)23/h3-4,6,15-20H,2,5,7-14H2,1H3. The van der Waals surface area contributed by atoms with Crippen molar-refractivity contribution in [1.82, 2.24) is 0 Å². The van der Waals surface area contributed by atoms with Gasteiger partial charge in [-0.05, 0) is 68.4 Å². The molecule has 0 aliphatic heterocycles. The summed E-state index contributed by atoms with van der Waals surface area (Å²) in [7, 11) is 0. The van der Waals surface area contributed by atoms with Crippen molar-refractivity contribution in [3.8, 4) is 0 Å². The molecule has 0 aromatic carbocycles. The third-order valence-corrected chi connectivity index (χ3v) is 6.71. The monoisotopic (exact) mass is 366 g/mol. The highest BCUT2D eigenvalue weighted by atomic mass is 19.2. The number of hydrogen-bond donors (Lipinski definition) is 0. The summed E-state index contributed by atoms with van der Waals surface area (Å²) in [6.45, 7) is 2.26. The van der Waals surface area contributed by atoms with Crippen molar-refractivity contribution in [2.75, 3.05) is 0 Å². The Kier molecular flexibility index (Phi) is 6.52. The van der Waals surface area contributed by atoms with Gasteiger partial charge in [0, 0.05) is 0 Å². The zero-order valence-corrected chi connectivity index (χ0v) is 15.8. The van der Waals surface area contributed by atoms with Gasteiger partial charge in [0.25, 0.3) is 0 Å². The van der Waals surface area contributed by atoms with Gasteiger partial charge >= 0.3 is 11.8 Å². The largest absolute Gasteiger partial charge is 0.421 e. The van der Waals surface area contributed by atoms with E-state index in [0.29, 0.717) is 5.92 Å². The number of allylic oxidation sites excluding steroid dienone is 2. The zero-order chi connectivity index (χ0) is 18.6. The highest BCUT2D eigenvalue weighted by molar-refractivity contribution is 5.73. The minimum absolute atomic E-state index is 0.290. The number of rotatable bonds is 5. The van der Waals surface area contributed by atoms with E-state index in [1.165, 1.54) is 50.7 Å². The van der Waals surface area contributed by atoms with Gasteiger partial charge in [-0.1, -0.05) is 44.8 Å². The van der Waals surface area contributed by atoms with E-state index >= 15 is 0 Å². The number of ether oxygens (including phenoxy) is 1. The number of hydrogen-bond acceptors (Lipinski definition) is 2. The molecule has 3 rings (SSSR count). The lowest BCUT2D eigenvalue weighted by Gasteiger charge is -2.38. The molecule has 146 valence electrons. The molecule has 3 aliphatic rings. The molecular formula is C22H32F2O2. The number of carbonyl (C=O) groups excluding carboxylic acids is 1. The first kappa shape index (κ1) is 19.6. The van der Waals surface area contributed by atoms with Crippen molar-refractivity contribution in [3.63, 3.8) is 0 Å². The maximum atomic E-state index is 14.5. The van der Waals surface area contributed by atoms with Gasteiger partial charge in [0.2, 0.25) is 0 Å². The summed E-state index contributed by atoms with van der Waals surface area (Å²) in [6, 6.07) is 0. The summed E-state index contributed by atoms with van der Waals surface area (Å²) < 4.78 is 33.2. The van der Waals surface area contributed by atoms with Crippen molar-refractivity contribution < 1.29 is 18.3 Å². The fourth-order valence-corrected chi connectivity index (χ4v) is 5.08. The van der Waals surface area contributed by atoms with E-state index in [1.807, 2.05) is 0 Å². The van der Waals surface area contributed by atoms with Crippen LogP contribution in [0.5, 0.6) is 0 Å². The smallest absolute Gasteiger partial charge is 0.312 e. The molecule has 0 N–H and O–H groups in total. The molecule has 0 saturated heterocycles. The quantitative estimate of drug-likeness (QED) is 0.552. The van der Waals surface area contributed by atoms with Crippen LogP contribution < -0.4 is 0 Å². The number of alkyl halides is 2. The molecule has 3 aliphatic carbocycles. The molecule has 2 fully saturated rings. The predicted octanol–water partition coefficient (Wildman–Crippen LogP) is 6.07. The molecule has 0 bridgehead atoms. The third kappa shape index (κ3) is 4.55. The van der Waals surface area contributed by atoms with Crippen LogP contribution >= 0.6 is 0 Å². The Bertz CT molecular complexity index is 528. The summed E-state index contributed by atoms with van der Waals surface area (Å²) in [4.78, 5) is 12.3. The zero-order valence-electron chi connectivity index (χ0n) is 15.8. The first-order chi connectivity index (χ1) is 12.5. The molecule has 2 unspecified atom stereocenters. The molecule has 0 radical (unpaired) electrons. The predicted molar refractivity (Wildman–Crippen MR) is 98.9 cm³/mol. The molecule has 2 nitrogen and oxygen atoms in total. The van der Waals surface area contributed by atoms with Crippen LogP contribution in [0, 0.1) is 23.7 Å². The molecule has 0 amide bonds.